The van der Waals surface area contributed by atoms with Crippen LogP contribution in [0.1, 0.15) is 17.5 Å². The molecule has 1 amide bonds. The molecule has 9 heteroatoms. The molecule has 1 N–H and O–H groups in total. The van der Waals surface area contributed by atoms with Crippen LogP contribution in [0.5, 0.6) is 5.75 Å². The second-order valence-corrected chi connectivity index (χ2v) is 8.46. The van der Waals surface area contributed by atoms with Gasteiger partial charge in [0.2, 0.25) is 10.0 Å². The Kier molecular flexibility index (Phi) is 8.37. The van der Waals surface area contributed by atoms with E-state index in [1.165, 1.54) is 24.1 Å². The van der Waals surface area contributed by atoms with Crippen LogP contribution in [0, 0.1) is 0 Å². The lowest BCUT2D eigenvalue weighted by Crippen LogP contribution is -2.31. The second-order valence-electron chi connectivity index (χ2n) is 6.57. The predicted octanol–water partition coefficient (Wildman–Crippen LogP) is 1.74. The zero-order chi connectivity index (χ0) is 22.1. The van der Waals surface area contributed by atoms with E-state index in [9.17, 15) is 18.0 Å². The maximum atomic E-state index is 12.2. The average molecular weight is 435 g/mol. The molecular weight excluding hydrogens is 408 g/mol. The summed E-state index contributed by atoms with van der Waals surface area (Å²) in [6.07, 6.45) is 0.464. The Bertz CT molecular complexity index is 973. The first kappa shape index (κ1) is 23.4. The number of esters is 1. The highest BCUT2D eigenvalue weighted by molar-refractivity contribution is 7.89. The third-order valence-electron chi connectivity index (χ3n) is 4.50. The van der Waals surface area contributed by atoms with Crippen LogP contribution in [0.4, 0.5) is 0 Å². The highest BCUT2D eigenvalue weighted by atomic mass is 32.2. The van der Waals surface area contributed by atoms with Gasteiger partial charge in [0.15, 0.2) is 6.61 Å². The topological polar surface area (TPSA) is 102 Å². The van der Waals surface area contributed by atoms with Gasteiger partial charge in [-0.05, 0) is 37.2 Å². The summed E-state index contributed by atoms with van der Waals surface area (Å²) in [6, 6.07) is 13.6. The van der Waals surface area contributed by atoms with Crippen molar-refractivity contribution in [3.8, 4) is 5.75 Å². The largest absolute Gasteiger partial charge is 0.496 e. The lowest BCUT2D eigenvalue weighted by molar-refractivity contribution is -0.151. The minimum Gasteiger partial charge on any atom is -0.496 e. The molecule has 0 spiro atoms. The lowest BCUT2D eigenvalue weighted by Gasteiger charge is -2.18. The Hall–Kier alpha value is -2.91. The van der Waals surface area contributed by atoms with Gasteiger partial charge in [-0.15, -0.1) is 0 Å². The standard InChI is InChI=1S/C21H26N2O6S/c1-22-30(26,27)18-11-8-16(9-12-18)10-13-21(25)29-15-20(24)23(2)14-17-6-4-5-7-19(17)28-3/h4-9,11-12,22H,10,13-15H2,1-3H3. The lowest BCUT2D eigenvalue weighted by atomic mass is 10.1. The summed E-state index contributed by atoms with van der Waals surface area (Å²) < 4.78 is 36.0. The van der Waals surface area contributed by atoms with Crippen LogP contribution < -0.4 is 9.46 Å². The van der Waals surface area contributed by atoms with Crippen molar-refractivity contribution in [2.75, 3.05) is 27.8 Å². The number of amides is 1. The Balaban J connectivity index is 1.79. The summed E-state index contributed by atoms with van der Waals surface area (Å²) in [5.41, 5.74) is 1.65. The minimum absolute atomic E-state index is 0.0849. The van der Waals surface area contributed by atoms with Gasteiger partial charge >= 0.3 is 5.97 Å². The monoisotopic (exact) mass is 434 g/mol. The Morgan fingerprint density at radius 3 is 2.37 bits per heavy atom. The maximum Gasteiger partial charge on any atom is 0.306 e. The van der Waals surface area contributed by atoms with Crippen molar-refractivity contribution in [2.24, 2.45) is 0 Å². The zero-order valence-corrected chi connectivity index (χ0v) is 18.1. The summed E-state index contributed by atoms with van der Waals surface area (Å²) in [6.45, 7) is -0.00783. The molecular formula is C21H26N2O6S. The molecule has 0 saturated carbocycles. The van der Waals surface area contributed by atoms with Gasteiger partial charge in [0.25, 0.3) is 5.91 Å². The van der Waals surface area contributed by atoms with Gasteiger partial charge in [-0.2, -0.15) is 0 Å². The number of sulfonamides is 1. The normalized spacial score (nSPS) is 11.0. The van der Waals surface area contributed by atoms with Crippen LogP contribution >= 0.6 is 0 Å². The van der Waals surface area contributed by atoms with E-state index in [0.29, 0.717) is 18.7 Å². The van der Waals surface area contributed by atoms with Gasteiger partial charge in [-0.1, -0.05) is 30.3 Å². The molecule has 0 fully saturated rings. The number of likely N-dealkylation sites (N-methyl/N-ethyl adjacent to an activating group) is 1. The fraction of sp³-hybridized carbons (Fsp3) is 0.333. The highest BCUT2D eigenvalue weighted by Crippen LogP contribution is 2.18. The quantitative estimate of drug-likeness (QED) is 0.572. The third-order valence-corrected chi connectivity index (χ3v) is 5.93. The smallest absolute Gasteiger partial charge is 0.306 e. The Labute approximate surface area is 176 Å². The first-order chi connectivity index (χ1) is 14.3. The first-order valence-electron chi connectivity index (χ1n) is 9.30. The molecule has 0 aliphatic heterocycles. The van der Waals surface area contributed by atoms with Crippen molar-refractivity contribution in [1.29, 1.82) is 0 Å². The van der Waals surface area contributed by atoms with Crippen LogP contribution in [-0.2, 0) is 37.3 Å². The van der Waals surface area contributed by atoms with Gasteiger partial charge in [0, 0.05) is 25.6 Å². The molecule has 0 heterocycles. The molecule has 0 radical (unpaired) electrons. The number of para-hydroxylation sites is 1. The molecule has 0 bridgehead atoms. The highest BCUT2D eigenvalue weighted by Gasteiger charge is 2.15. The molecule has 0 aliphatic carbocycles. The number of hydrogen-bond donors (Lipinski definition) is 1. The van der Waals surface area contributed by atoms with Crippen molar-refractivity contribution in [3.05, 3.63) is 59.7 Å². The van der Waals surface area contributed by atoms with Gasteiger partial charge in [-0.3, -0.25) is 9.59 Å². The number of carbonyl (C=O) groups is 2. The zero-order valence-electron chi connectivity index (χ0n) is 17.3. The van der Waals surface area contributed by atoms with Crippen LogP contribution in [0.2, 0.25) is 0 Å². The van der Waals surface area contributed by atoms with Gasteiger partial charge in [0.05, 0.1) is 12.0 Å². The number of benzene rings is 2. The minimum atomic E-state index is -3.49. The van der Waals surface area contributed by atoms with E-state index in [0.717, 1.165) is 11.1 Å². The number of carbonyl (C=O) groups excluding carboxylic acids is 2. The summed E-state index contributed by atoms with van der Waals surface area (Å²) in [4.78, 5) is 25.8. The van der Waals surface area contributed by atoms with Crippen molar-refractivity contribution in [2.45, 2.75) is 24.3 Å². The van der Waals surface area contributed by atoms with Crippen LogP contribution in [0.3, 0.4) is 0 Å². The van der Waals surface area contributed by atoms with Crippen LogP contribution in [0.15, 0.2) is 53.4 Å². The van der Waals surface area contributed by atoms with E-state index < -0.39 is 16.0 Å². The second kappa shape index (κ2) is 10.7. The number of aryl methyl sites for hydroxylation is 1. The summed E-state index contributed by atoms with van der Waals surface area (Å²) in [5, 5.41) is 0. The Morgan fingerprint density at radius 2 is 1.73 bits per heavy atom. The molecule has 162 valence electrons. The van der Waals surface area contributed by atoms with E-state index in [-0.39, 0.29) is 23.8 Å². The average Bonchev–Trinajstić information content (AvgIpc) is 2.76. The van der Waals surface area contributed by atoms with Crippen molar-refractivity contribution >= 4 is 21.9 Å². The fourth-order valence-electron chi connectivity index (χ4n) is 2.70. The number of nitrogens with one attached hydrogen (secondary N) is 1. The number of nitrogens with zero attached hydrogens (tertiary/aromatic N) is 1. The molecule has 2 aromatic rings. The van der Waals surface area contributed by atoms with Gasteiger partial charge in [-0.25, -0.2) is 13.1 Å². The summed E-state index contributed by atoms with van der Waals surface area (Å²) >= 11 is 0. The number of ether oxygens (including phenoxy) is 2. The van der Waals surface area contributed by atoms with E-state index in [2.05, 4.69) is 4.72 Å². The molecule has 0 unspecified atom stereocenters. The van der Waals surface area contributed by atoms with Crippen molar-refractivity contribution in [3.63, 3.8) is 0 Å². The number of hydrogen-bond acceptors (Lipinski definition) is 6. The van der Waals surface area contributed by atoms with Gasteiger partial charge < -0.3 is 14.4 Å². The fourth-order valence-corrected chi connectivity index (χ4v) is 3.43. The molecule has 0 aliphatic rings. The molecule has 0 atom stereocenters. The summed E-state index contributed by atoms with van der Waals surface area (Å²) in [7, 11) is 1.04. The molecule has 2 rings (SSSR count). The van der Waals surface area contributed by atoms with E-state index in [1.54, 1.807) is 26.3 Å². The predicted molar refractivity (Wildman–Crippen MR) is 111 cm³/mol. The third kappa shape index (κ3) is 6.57. The number of methoxy groups -OCH3 is 1. The molecule has 2 aromatic carbocycles. The molecule has 0 saturated heterocycles. The van der Waals surface area contributed by atoms with E-state index in [1.807, 2.05) is 24.3 Å². The maximum absolute atomic E-state index is 12.2. The van der Waals surface area contributed by atoms with E-state index in [4.69, 9.17) is 9.47 Å². The molecule has 30 heavy (non-hydrogen) atoms. The van der Waals surface area contributed by atoms with Crippen LogP contribution in [-0.4, -0.2) is 53.0 Å². The summed E-state index contributed by atoms with van der Waals surface area (Å²) in [5.74, 6) is -0.139. The van der Waals surface area contributed by atoms with Crippen molar-refractivity contribution in [1.82, 2.24) is 9.62 Å². The first-order valence-corrected chi connectivity index (χ1v) is 10.8. The van der Waals surface area contributed by atoms with Crippen molar-refractivity contribution < 1.29 is 27.5 Å². The number of rotatable bonds is 10. The van der Waals surface area contributed by atoms with Gasteiger partial charge in [0.1, 0.15) is 5.75 Å². The SMILES string of the molecule is CNS(=O)(=O)c1ccc(CCC(=O)OCC(=O)N(C)Cc2ccccc2OC)cc1. The van der Waals surface area contributed by atoms with Crippen LogP contribution in [0.25, 0.3) is 0 Å². The van der Waals surface area contributed by atoms with E-state index >= 15 is 0 Å². The molecule has 0 aromatic heterocycles. The Morgan fingerprint density at radius 1 is 1.07 bits per heavy atom. The molecule has 8 nitrogen and oxygen atoms in total.